The molecule has 6 nitrogen and oxygen atoms in total. The Hall–Kier alpha value is 0.0500. The van der Waals surface area contributed by atoms with Gasteiger partial charge in [0.1, 0.15) is 8.01 Å². The molecule has 1 atom stereocenters. The molecule has 1 rings (SSSR count). The van der Waals surface area contributed by atoms with Gasteiger partial charge in [-0.05, 0) is 5.75 Å². The summed E-state index contributed by atoms with van der Waals surface area (Å²) in [5.74, 6) is 0.682. The van der Waals surface area contributed by atoms with Crippen LogP contribution < -0.4 is 4.80 Å². The Balaban J connectivity index is 2.71. The van der Waals surface area contributed by atoms with Crippen LogP contribution in [0.1, 0.15) is 6.92 Å². The Morgan fingerprint density at radius 2 is 2.38 bits per heavy atom. The number of aryl methyl sites for hydroxylation is 1. The van der Waals surface area contributed by atoms with Crippen molar-refractivity contribution in [3.63, 3.8) is 0 Å². The van der Waals surface area contributed by atoms with E-state index in [-0.39, 0.29) is 17.1 Å². The van der Waals surface area contributed by atoms with Gasteiger partial charge in [-0.3, -0.25) is 5.41 Å². The van der Waals surface area contributed by atoms with Gasteiger partial charge in [0.05, 0.1) is 12.3 Å². The van der Waals surface area contributed by atoms with Crippen molar-refractivity contribution >= 4 is 40.6 Å². The van der Waals surface area contributed by atoms with Gasteiger partial charge in [-0.2, -0.15) is 5.10 Å². The molecule has 10 heteroatoms. The number of aromatic nitrogens is 2. The highest BCUT2D eigenvalue weighted by Gasteiger charge is 2.11. The largest absolute Gasteiger partial charge is 0.362 e. The quantitative estimate of drug-likeness (QED) is 0.587. The fourth-order valence-corrected chi connectivity index (χ4v) is 3.71. The molecule has 0 radical (unpaired) electrons. The summed E-state index contributed by atoms with van der Waals surface area (Å²) in [6, 6.07) is 0. The zero-order chi connectivity index (χ0) is 12.2. The molecule has 0 aliphatic rings. The minimum Gasteiger partial charge on any atom is -0.362 e. The number of rotatable bonds is 6. The summed E-state index contributed by atoms with van der Waals surface area (Å²) < 4.78 is 24.3. The van der Waals surface area contributed by atoms with E-state index in [0.717, 1.165) is 10.1 Å². The summed E-state index contributed by atoms with van der Waals surface area (Å²) in [5.41, 5.74) is 0. The maximum absolute atomic E-state index is 11.1. The van der Waals surface area contributed by atoms with Crippen LogP contribution in [0.4, 0.5) is 0 Å². The van der Waals surface area contributed by atoms with E-state index < -0.39 is 17.5 Å². The lowest BCUT2D eigenvalue weighted by atomic mass is 10.8. The van der Waals surface area contributed by atoms with E-state index in [1.54, 1.807) is 0 Å². The molecule has 0 aliphatic heterocycles. The van der Waals surface area contributed by atoms with Crippen molar-refractivity contribution in [2.45, 2.75) is 17.8 Å². The Bertz CT molecular complexity index is 495. The highest BCUT2D eigenvalue weighted by Crippen LogP contribution is 2.18. The molecule has 92 valence electrons. The van der Waals surface area contributed by atoms with Crippen molar-refractivity contribution in [1.29, 1.82) is 5.41 Å². The average molecular weight is 301 g/mol. The van der Waals surface area contributed by atoms with E-state index in [0.29, 0.717) is 0 Å². The zero-order valence-corrected chi connectivity index (χ0v) is 12.0. The third kappa shape index (κ3) is 4.14. The van der Waals surface area contributed by atoms with E-state index in [1.807, 2.05) is 6.92 Å². The first-order chi connectivity index (χ1) is 7.48. The molecule has 0 amide bonds. The monoisotopic (exact) mass is 301 g/mol. The first kappa shape index (κ1) is 14.1. The van der Waals surface area contributed by atoms with E-state index in [1.165, 1.54) is 27.8 Å². The molecule has 1 heterocycles. The summed E-state index contributed by atoms with van der Waals surface area (Å²) in [6.45, 7) is 2.10. The van der Waals surface area contributed by atoms with E-state index in [4.69, 9.17) is 10.3 Å². The van der Waals surface area contributed by atoms with Crippen molar-refractivity contribution in [2.24, 2.45) is 0 Å². The van der Waals surface area contributed by atoms with Gasteiger partial charge in [-0.1, -0.05) is 30.0 Å². The predicted octanol–water partition coefficient (Wildman–Crippen LogP) is 0.452. The minimum atomic E-state index is -3.40. The fourth-order valence-electron chi connectivity index (χ4n) is 0.885. The number of hydrogen-bond acceptors (Lipinski definition) is 7. The van der Waals surface area contributed by atoms with Gasteiger partial charge in [0, 0.05) is 0 Å². The second-order valence-electron chi connectivity index (χ2n) is 2.74. The van der Waals surface area contributed by atoms with Crippen LogP contribution in [-0.2, 0) is 16.0 Å². The lowest BCUT2D eigenvalue weighted by Crippen LogP contribution is -2.19. The SMILES string of the molecule is CCSc1nn(CCS(=O)(=O)PO)c(=N)s1. The third-order valence-corrected chi connectivity index (χ3v) is 5.93. The van der Waals surface area contributed by atoms with Crippen LogP contribution in [0.2, 0.25) is 0 Å². The predicted molar refractivity (Wildman–Crippen MR) is 66.7 cm³/mol. The van der Waals surface area contributed by atoms with Gasteiger partial charge in [0.2, 0.25) is 4.80 Å². The third-order valence-electron chi connectivity index (χ3n) is 1.60. The molecule has 1 aromatic heterocycles. The Kier molecular flexibility index (Phi) is 5.39. The molecular weight excluding hydrogens is 289 g/mol. The summed E-state index contributed by atoms with van der Waals surface area (Å²) in [6.07, 6.45) is 0. The van der Waals surface area contributed by atoms with Crippen LogP contribution in [0, 0.1) is 5.41 Å². The Morgan fingerprint density at radius 1 is 1.69 bits per heavy atom. The lowest BCUT2D eigenvalue weighted by Gasteiger charge is -2.00. The molecule has 1 aromatic rings. The molecule has 0 aliphatic carbocycles. The first-order valence-corrected chi connectivity index (χ1v) is 9.50. The van der Waals surface area contributed by atoms with Crippen molar-refractivity contribution in [3.8, 4) is 0 Å². The molecule has 0 bridgehead atoms. The second kappa shape index (κ2) is 6.11. The van der Waals surface area contributed by atoms with Gasteiger partial charge in [-0.15, -0.1) is 0 Å². The molecule has 0 spiro atoms. The Morgan fingerprint density at radius 3 is 2.94 bits per heavy atom. The highest BCUT2D eigenvalue weighted by atomic mass is 32.8. The summed E-state index contributed by atoms with van der Waals surface area (Å²) >= 11 is 2.74. The lowest BCUT2D eigenvalue weighted by molar-refractivity contribution is 0.573. The molecular formula is C6H12N3O3PS3. The molecule has 0 fully saturated rings. The van der Waals surface area contributed by atoms with Gasteiger partial charge in [0.25, 0.3) is 0 Å². The highest BCUT2D eigenvalue weighted by molar-refractivity contribution is 8.41. The van der Waals surface area contributed by atoms with Crippen molar-refractivity contribution in [3.05, 3.63) is 4.80 Å². The van der Waals surface area contributed by atoms with Crippen LogP contribution in [-0.4, -0.2) is 34.6 Å². The van der Waals surface area contributed by atoms with E-state index >= 15 is 0 Å². The van der Waals surface area contributed by atoms with Crippen LogP contribution in [0.15, 0.2) is 4.34 Å². The molecule has 0 aromatic carbocycles. The maximum Gasteiger partial charge on any atom is 0.201 e. The van der Waals surface area contributed by atoms with Crippen molar-refractivity contribution < 1.29 is 13.3 Å². The number of thioether (sulfide) groups is 1. The summed E-state index contributed by atoms with van der Waals surface area (Å²) in [7, 11) is -4.49. The molecule has 0 saturated carbocycles. The van der Waals surface area contributed by atoms with E-state index in [9.17, 15) is 8.42 Å². The summed E-state index contributed by atoms with van der Waals surface area (Å²) in [5, 5.41) is 11.7. The second-order valence-corrected chi connectivity index (χ2v) is 9.46. The van der Waals surface area contributed by atoms with Crippen LogP contribution >= 0.6 is 31.1 Å². The van der Waals surface area contributed by atoms with Gasteiger partial charge in [0.15, 0.2) is 13.8 Å². The molecule has 16 heavy (non-hydrogen) atoms. The van der Waals surface area contributed by atoms with Gasteiger partial charge >= 0.3 is 0 Å². The number of hydrogen-bond donors (Lipinski definition) is 2. The summed E-state index contributed by atoms with van der Waals surface area (Å²) in [4.78, 5) is 8.82. The van der Waals surface area contributed by atoms with Crippen LogP contribution in [0.5, 0.6) is 0 Å². The van der Waals surface area contributed by atoms with Crippen LogP contribution in [0.3, 0.4) is 0 Å². The zero-order valence-electron chi connectivity index (χ0n) is 8.50. The smallest absolute Gasteiger partial charge is 0.201 e. The molecule has 1 unspecified atom stereocenters. The topological polar surface area (TPSA) is 96.0 Å². The van der Waals surface area contributed by atoms with Crippen LogP contribution in [0.25, 0.3) is 0 Å². The molecule has 2 N–H and O–H groups in total. The number of nitrogens with one attached hydrogen (secondary N) is 1. The van der Waals surface area contributed by atoms with Gasteiger partial charge in [-0.25, -0.2) is 13.1 Å². The molecule has 0 saturated heterocycles. The Labute approximate surface area is 103 Å². The maximum atomic E-state index is 11.1. The number of nitrogens with zero attached hydrogens (tertiary/aromatic N) is 2. The normalized spacial score (nSPS) is 12.6. The minimum absolute atomic E-state index is 0.121. The fraction of sp³-hybridized carbons (Fsp3) is 0.667. The standard InChI is InChI=1S/C6H12N3O3PS3/c1-2-14-6-8-9(5(7)15-6)3-4-16(11,12)13-10/h7,10,13H,2-4H2,1H3. The first-order valence-electron chi connectivity index (χ1n) is 4.37. The van der Waals surface area contributed by atoms with Crippen molar-refractivity contribution in [1.82, 2.24) is 9.78 Å². The van der Waals surface area contributed by atoms with E-state index in [2.05, 4.69) is 5.10 Å². The van der Waals surface area contributed by atoms with Crippen molar-refractivity contribution in [2.75, 3.05) is 11.5 Å². The van der Waals surface area contributed by atoms with Gasteiger partial charge < -0.3 is 4.89 Å². The average Bonchev–Trinajstić information content (AvgIpc) is 2.57.